The van der Waals surface area contributed by atoms with Crippen LogP contribution in [0.1, 0.15) is 32.4 Å². The van der Waals surface area contributed by atoms with Crippen LogP contribution in [0, 0.1) is 13.8 Å². The van der Waals surface area contributed by atoms with Crippen LogP contribution in [0.4, 0.5) is 11.6 Å². The fraction of sp³-hybridized carbons (Fsp3) is 0.214. The van der Waals surface area contributed by atoms with Gasteiger partial charge in [0.15, 0.2) is 17.3 Å². The number of carbonyl (C=O) groups is 2. The summed E-state index contributed by atoms with van der Waals surface area (Å²) in [6, 6.07) is 3.12. The lowest BCUT2D eigenvalue weighted by Gasteiger charge is -2.02. The zero-order valence-corrected chi connectivity index (χ0v) is 13.2. The molecule has 0 saturated heterocycles. The van der Waals surface area contributed by atoms with E-state index in [4.69, 9.17) is 9.05 Å². The van der Waals surface area contributed by atoms with Gasteiger partial charge in [-0.2, -0.15) is 5.10 Å². The van der Waals surface area contributed by atoms with Gasteiger partial charge in [0.1, 0.15) is 11.5 Å². The van der Waals surface area contributed by atoms with Crippen molar-refractivity contribution in [1.29, 1.82) is 0 Å². The zero-order chi connectivity index (χ0) is 17.3. The smallest absolute Gasteiger partial charge is 0.278 e. The quantitative estimate of drug-likeness (QED) is 0.742. The van der Waals surface area contributed by atoms with Crippen LogP contribution in [0.2, 0.25) is 0 Å². The number of nitrogens with one attached hydrogen (secondary N) is 2. The average molecular weight is 330 g/mol. The zero-order valence-electron chi connectivity index (χ0n) is 13.2. The Labute approximate surface area is 135 Å². The molecule has 0 spiro atoms. The molecule has 0 bridgehead atoms. The Kier molecular flexibility index (Phi) is 3.86. The van der Waals surface area contributed by atoms with Crippen molar-refractivity contribution in [3.05, 3.63) is 41.1 Å². The third kappa shape index (κ3) is 3.16. The summed E-state index contributed by atoms with van der Waals surface area (Å²) in [6.45, 7) is 3.40. The lowest BCUT2D eigenvalue weighted by molar-refractivity contribution is 0.0987. The van der Waals surface area contributed by atoms with Crippen LogP contribution in [0.5, 0.6) is 0 Å². The molecule has 124 valence electrons. The molecule has 0 fully saturated rings. The van der Waals surface area contributed by atoms with E-state index >= 15 is 0 Å². The maximum absolute atomic E-state index is 12.4. The topological polar surface area (TPSA) is 128 Å². The minimum absolute atomic E-state index is 0.0455. The Morgan fingerprint density at radius 3 is 2.04 bits per heavy atom. The van der Waals surface area contributed by atoms with Gasteiger partial charge in [-0.05, 0) is 13.8 Å². The van der Waals surface area contributed by atoms with E-state index in [1.165, 1.54) is 10.9 Å². The number of hydrogen-bond acceptors (Lipinski definition) is 7. The van der Waals surface area contributed by atoms with Crippen molar-refractivity contribution >= 4 is 23.5 Å². The van der Waals surface area contributed by atoms with Crippen molar-refractivity contribution < 1.29 is 18.6 Å². The van der Waals surface area contributed by atoms with Gasteiger partial charge in [-0.25, -0.2) is 0 Å². The van der Waals surface area contributed by atoms with Gasteiger partial charge in [0.2, 0.25) is 0 Å². The number of amides is 2. The molecule has 3 heterocycles. The monoisotopic (exact) mass is 330 g/mol. The molecular weight excluding hydrogens is 316 g/mol. The Morgan fingerprint density at radius 2 is 1.54 bits per heavy atom. The number of rotatable bonds is 4. The number of aryl methyl sites for hydroxylation is 3. The minimum atomic E-state index is -0.578. The summed E-state index contributed by atoms with van der Waals surface area (Å²) in [5.74, 6) is 0.478. The molecule has 0 atom stereocenters. The van der Waals surface area contributed by atoms with E-state index in [0.29, 0.717) is 11.5 Å². The van der Waals surface area contributed by atoms with E-state index in [-0.39, 0.29) is 22.9 Å². The van der Waals surface area contributed by atoms with Gasteiger partial charge in [0, 0.05) is 25.4 Å². The van der Waals surface area contributed by atoms with Gasteiger partial charge >= 0.3 is 0 Å². The van der Waals surface area contributed by atoms with Gasteiger partial charge < -0.3 is 19.7 Å². The van der Waals surface area contributed by atoms with E-state index in [9.17, 15) is 9.59 Å². The largest absolute Gasteiger partial charge is 0.360 e. The highest BCUT2D eigenvalue weighted by atomic mass is 16.5. The molecule has 3 rings (SSSR count). The van der Waals surface area contributed by atoms with Crippen LogP contribution >= 0.6 is 0 Å². The molecule has 0 aromatic carbocycles. The molecule has 3 aromatic heterocycles. The molecule has 0 aliphatic heterocycles. The lowest BCUT2D eigenvalue weighted by atomic mass is 10.2. The minimum Gasteiger partial charge on any atom is -0.360 e. The standard InChI is InChI=1S/C14H14N6O4/c1-7-4-10(18-23-7)15-13(21)9-6-20(3)17-12(9)14(22)16-11-5-8(2)24-19-11/h4-6H,1-3H3,(H,15,18,21)(H,16,19,22). The predicted octanol–water partition coefficient (Wildman–Crippen LogP) is 1.52. The highest BCUT2D eigenvalue weighted by Crippen LogP contribution is 2.14. The van der Waals surface area contributed by atoms with Crippen molar-refractivity contribution in [1.82, 2.24) is 20.1 Å². The molecule has 0 aliphatic rings. The number of carbonyl (C=O) groups excluding carboxylic acids is 2. The van der Waals surface area contributed by atoms with E-state index in [2.05, 4.69) is 26.0 Å². The van der Waals surface area contributed by atoms with E-state index < -0.39 is 11.8 Å². The molecule has 0 radical (unpaired) electrons. The van der Waals surface area contributed by atoms with Crippen LogP contribution in [0.15, 0.2) is 27.4 Å². The molecule has 0 saturated carbocycles. The van der Waals surface area contributed by atoms with Crippen molar-refractivity contribution in [2.45, 2.75) is 13.8 Å². The second-order valence-electron chi connectivity index (χ2n) is 5.12. The molecule has 10 heteroatoms. The molecule has 3 aromatic rings. The first kappa shape index (κ1) is 15.5. The van der Waals surface area contributed by atoms with Crippen molar-refractivity contribution in [3.63, 3.8) is 0 Å². The molecule has 0 unspecified atom stereocenters. The molecule has 0 aliphatic carbocycles. The van der Waals surface area contributed by atoms with Gasteiger partial charge in [0.05, 0.1) is 5.56 Å². The number of nitrogens with zero attached hydrogens (tertiary/aromatic N) is 4. The highest BCUT2D eigenvalue weighted by molar-refractivity contribution is 6.13. The Hall–Kier alpha value is -3.43. The average Bonchev–Trinajstić information content (AvgIpc) is 3.20. The number of anilines is 2. The third-order valence-corrected chi connectivity index (χ3v) is 3.03. The maximum Gasteiger partial charge on any atom is 0.278 e. The molecule has 24 heavy (non-hydrogen) atoms. The SMILES string of the molecule is Cc1cc(NC(=O)c2cn(C)nc2C(=O)Nc2cc(C)on2)no1. The van der Waals surface area contributed by atoms with Gasteiger partial charge in [-0.1, -0.05) is 10.3 Å². The fourth-order valence-electron chi connectivity index (χ4n) is 2.03. The molecule has 2 N–H and O–H groups in total. The summed E-state index contributed by atoms with van der Waals surface area (Å²) in [4.78, 5) is 24.7. The predicted molar refractivity (Wildman–Crippen MR) is 81.6 cm³/mol. The van der Waals surface area contributed by atoms with Crippen LogP contribution in [-0.4, -0.2) is 31.9 Å². The van der Waals surface area contributed by atoms with E-state index in [0.717, 1.165) is 0 Å². The van der Waals surface area contributed by atoms with E-state index in [1.807, 2.05) is 0 Å². The third-order valence-electron chi connectivity index (χ3n) is 3.03. The molecular formula is C14H14N6O4. The van der Waals surface area contributed by atoms with Crippen molar-refractivity contribution in [2.24, 2.45) is 7.05 Å². The summed E-state index contributed by atoms with van der Waals surface area (Å²) in [5.41, 5.74) is 0.0479. The van der Waals surface area contributed by atoms with Crippen molar-refractivity contribution in [3.8, 4) is 0 Å². The summed E-state index contributed by atoms with van der Waals surface area (Å²) in [5, 5.41) is 16.4. The second kappa shape index (κ2) is 5.99. The van der Waals surface area contributed by atoms with Crippen molar-refractivity contribution in [2.75, 3.05) is 10.6 Å². The first-order valence-electron chi connectivity index (χ1n) is 6.95. The molecule has 2 amide bonds. The van der Waals surface area contributed by atoms with Crippen LogP contribution in [0.25, 0.3) is 0 Å². The Morgan fingerprint density at radius 1 is 1.00 bits per heavy atom. The van der Waals surface area contributed by atoms with Crippen LogP contribution < -0.4 is 10.6 Å². The van der Waals surface area contributed by atoms with Crippen LogP contribution in [-0.2, 0) is 7.05 Å². The first-order valence-corrected chi connectivity index (χ1v) is 6.95. The first-order chi connectivity index (χ1) is 11.4. The molecule has 10 nitrogen and oxygen atoms in total. The lowest BCUT2D eigenvalue weighted by Crippen LogP contribution is -2.20. The normalized spacial score (nSPS) is 10.6. The summed E-state index contributed by atoms with van der Waals surface area (Å²) >= 11 is 0. The van der Waals surface area contributed by atoms with Crippen LogP contribution in [0.3, 0.4) is 0 Å². The number of aromatic nitrogens is 4. The van der Waals surface area contributed by atoms with E-state index in [1.54, 1.807) is 33.0 Å². The number of hydrogen-bond donors (Lipinski definition) is 2. The fourth-order valence-corrected chi connectivity index (χ4v) is 2.03. The maximum atomic E-state index is 12.4. The van der Waals surface area contributed by atoms with Gasteiger partial charge in [-0.15, -0.1) is 0 Å². The Balaban J connectivity index is 1.81. The Bertz CT molecular complexity index is 834. The summed E-state index contributed by atoms with van der Waals surface area (Å²) in [7, 11) is 1.61. The van der Waals surface area contributed by atoms with Gasteiger partial charge in [-0.3, -0.25) is 14.3 Å². The summed E-state index contributed by atoms with van der Waals surface area (Å²) < 4.78 is 11.1. The highest BCUT2D eigenvalue weighted by Gasteiger charge is 2.23. The van der Waals surface area contributed by atoms with Gasteiger partial charge in [0.25, 0.3) is 11.8 Å². The second-order valence-corrected chi connectivity index (χ2v) is 5.12. The summed E-state index contributed by atoms with van der Waals surface area (Å²) in [6.07, 6.45) is 1.44.